The molecule has 4 nitrogen and oxygen atoms in total. The Bertz CT molecular complexity index is 355. The van der Waals surface area contributed by atoms with E-state index in [2.05, 4.69) is 10.1 Å². The molecule has 86 valence electrons. The highest BCUT2D eigenvalue weighted by molar-refractivity contribution is 5.89. The fourth-order valence-corrected chi connectivity index (χ4v) is 1.75. The van der Waals surface area contributed by atoms with E-state index < -0.39 is 0 Å². The normalized spacial score (nSPS) is 20.4. The van der Waals surface area contributed by atoms with Crippen LogP contribution in [0.15, 0.2) is 24.3 Å². The molecule has 0 bridgehead atoms. The first kappa shape index (κ1) is 11.1. The third-order valence-electron chi connectivity index (χ3n) is 2.66. The van der Waals surface area contributed by atoms with Crippen LogP contribution in [-0.4, -0.2) is 32.8 Å². The monoisotopic (exact) mass is 221 g/mol. The van der Waals surface area contributed by atoms with Crippen molar-refractivity contribution in [1.82, 2.24) is 5.32 Å². The number of benzene rings is 1. The third kappa shape index (κ3) is 2.40. The second-order valence-electron chi connectivity index (χ2n) is 3.70. The van der Waals surface area contributed by atoms with E-state index in [9.17, 15) is 4.79 Å². The predicted octanol–water partition coefficient (Wildman–Crippen LogP) is 1.13. The Labute approximate surface area is 94.6 Å². The van der Waals surface area contributed by atoms with Gasteiger partial charge in [0.1, 0.15) is 0 Å². The minimum absolute atomic E-state index is 0.223. The summed E-state index contributed by atoms with van der Waals surface area (Å²) < 4.78 is 10.0. The number of morpholine rings is 1. The molecule has 0 aromatic heterocycles. The number of hydrogen-bond donors (Lipinski definition) is 1. The van der Waals surface area contributed by atoms with Gasteiger partial charge in [0.15, 0.2) is 0 Å². The van der Waals surface area contributed by atoms with Crippen molar-refractivity contribution in [2.75, 3.05) is 26.9 Å². The summed E-state index contributed by atoms with van der Waals surface area (Å²) in [5, 5.41) is 3.36. The summed E-state index contributed by atoms with van der Waals surface area (Å²) in [5.74, 6) is -0.306. The minimum Gasteiger partial charge on any atom is -0.465 e. The number of ether oxygens (including phenoxy) is 2. The van der Waals surface area contributed by atoms with E-state index >= 15 is 0 Å². The van der Waals surface area contributed by atoms with Crippen molar-refractivity contribution >= 4 is 5.97 Å². The summed E-state index contributed by atoms with van der Waals surface area (Å²) in [4.78, 5) is 11.2. The summed E-state index contributed by atoms with van der Waals surface area (Å²) in [6.45, 7) is 2.30. The van der Waals surface area contributed by atoms with E-state index in [0.29, 0.717) is 12.2 Å². The first-order chi connectivity index (χ1) is 7.81. The number of hydrogen-bond acceptors (Lipinski definition) is 4. The van der Waals surface area contributed by atoms with Crippen LogP contribution in [0.1, 0.15) is 22.0 Å². The van der Waals surface area contributed by atoms with Crippen LogP contribution in [-0.2, 0) is 9.47 Å². The minimum atomic E-state index is -0.306. The van der Waals surface area contributed by atoms with Crippen LogP contribution in [0, 0.1) is 0 Å². The molecule has 1 N–H and O–H groups in total. The average Bonchev–Trinajstić information content (AvgIpc) is 2.39. The lowest BCUT2D eigenvalue weighted by Crippen LogP contribution is -2.34. The van der Waals surface area contributed by atoms with Gasteiger partial charge in [-0.15, -0.1) is 0 Å². The predicted molar refractivity (Wildman–Crippen MR) is 59.3 cm³/mol. The van der Waals surface area contributed by atoms with Gasteiger partial charge in [-0.1, -0.05) is 12.1 Å². The Morgan fingerprint density at radius 3 is 2.75 bits per heavy atom. The largest absolute Gasteiger partial charge is 0.465 e. The molecule has 0 saturated carbocycles. The maximum atomic E-state index is 11.2. The van der Waals surface area contributed by atoms with Crippen molar-refractivity contribution in [1.29, 1.82) is 0 Å². The van der Waals surface area contributed by atoms with Crippen LogP contribution < -0.4 is 5.32 Å². The molecular formula is C12H15NO3. The Kier molecular flexibility index (Phi) is 3.54. The molecule has 0 radical (unpaired) electrons. The topological polar surface area (TPSA) is 47.6 Å². The van der Waals surface area contributed by atoms with Crippen molar-refractivity contribution in [2.24, 2.45) is 0 Å². The number of carbonyl (C=O) groups excluding carboxylic acids is 1. The fourth-order valence-electron chi connectivity index (χ4n) is 1.75. The summed E-state index contributed by atoms with van der Waals surface area (Å²) >= 11 is 0. The van der Waals surface area contributed by atoms with Crippen LogP contribution in [0.25, 0.3) is 0 Å². The molecule has 1 aromatic carbocycles. The molecule has 16 heavy (non-hydrogen) atoms. The lowest BCUT2D eigenvalue weighted by molar-refractivity contribution is 0.0600. The Balaban J connectivity index is 2.09. The second-order valence-corrected chi connectivity index (χ2v) is 3.70. The van der Waals surface area contributed by atoms with Gasteiger partial charge in [-0.3, -0.25) is 0 Å². The molecule has 0 spiro atoms. The average molecular weight is 221 g/mol. The second kappa shape index (κ2) is 5.09. The van der Waals surface area contributed by atoms with Gasteiger partial charge in [0.05, 0.1) is 31.9 Å². The number of rotatable bonds is 2. The van der Waals surface area contributed by atoms with Gasteiger partial charge in [-0.05, 0) is 17.7 Å². The highest BCUT2D eigenvalue weighted by atomic mass is 16.5. The zero-order valence-corrected chi connectivity index (χ0v) is 9.23. The number of nitrogens with one attached hydrogen (secondary N) is 1. The molecule has 1 aliphatic heterocycles. The van der Waals surface area contributed by atoms with Gasteiger partial charge in [0.2, 0.25) is 0 Å². The summed E-state index contributed by atoms with van der Waals surface area (Å²) in [6.07, 6.45) is 0. The van der Waals surface area contributed by atoms with Crippen LogP contribution in [0.5, 0.6) is 0 Å². The summed E-state index contributed by atoms with van der Waals surface area (Å²) in [6, 6.07) is 7.63. The Hall–Kier alpha value is -1.39. The van der Waals surface area contributed by atoms with E-state index in [4.69, 9.17) is 4.74 Å². The molecule has 1 aromatic rings. The molecule has 1 atom stereocenters. The first-order valence-electron chi connectivity index (χ1n) is 5.30. The number of carbonyl (C=O) groups is 1. The van der Waals surface area contributed by atoms with E-state index in [-0.39, 0.29) is 12.0 Å². The maximum absolute atomic E-state index is 11.2. The van der Waals surface area contributed by atoms with Crippen LogP contribution in [0.3, 0.4) is 0 Å². The molecule has 1 aliphatic rings. The van der Waals surface area contributed by atoms with Crippen molar-refractivity contribution in [3.63, 3.8) is 0 Å². The summed E-state index contributed by atoms with van der Waals surface area (Å²) in [5.41, 5.74) is 1.70. The molecule has 0 amide bonds. The smallest absolute Gasteiger partial charge is 0.337 e. The van der Waals surface area contributed by atoms with E-state index in [1.54, 1.807) is 12.1 Å². The van der Waals surface area contributed by atoms with Crippen LogP contribution in [0.2, 0.25) is 0 Å². The van der Waals surface area contributed by atoms with Gasteiger partial charge < -0.3 is 14.8 Å². The molecule has 0 unspecified atom stereocenters. The maximum Gasteiger partial charge on any atom is 0.337 e. The molecule has 2 rings (SSSR count). The zero-order chi connectivity index (χ0) is 11.4. The van der Waals surface area contributed by atoms with E-state index in [1.165, 1.54) is 7.11 Å². The standard InChI is InChI=1S/C12H15NO3/c1-15-12(14)10-4-2-9(3-5-10)11-8-16-7-6-13-11/h2-5,11,13H,6-8H2,1H3/t11-/m0/s1. The van der Waals surface area contributed by atoms with Gasteiger partial charge in [-0.2, -0.15) is 0 Å². The van der Waals surface area contributed by atoms with E-state index in [0.717, 1.165) is 18.7 Å². The van der Waals surface area contributed by atoms with Gasteiger partial charge in [-0.25, -0.2) is 4.79 Å². The van der Waals surface area contributed by atoms with E-state index in [1.807, 2.05) is 12.1 Å². The number of esters is 1. The van der Waals surface area contributed by atoms with Gasteiger partial charge >= 0.3 is 5.97 Å². The fraction of sp³-hybridized carbons (Fsp3) is 0.417. The van der Waals surface area contributed by atoms with Gasteiger partial charge in [0.25, 0.3) is 0 Å². The molecular weight excluding hydrogens is 206 g/mol. The quantitative estimate of drug-likeness (QED) is 0.761. The van der Waals surface area contributed by atoms with Crippen molar-refractivity contribution in [2.45, 2.75) is 6.04 Å². The first-order valence-corrected chi connectivity index (χ1v) is 5.30. The van der Waals surface area contributed by atoms with Crippen molar-refractivity contribution in [3.05, 3.63) is 35.4 Å². The Morgan fingerprint density at radius 2 is 2.19 bits per heavy atom. The third-order valence-corrected chi connectivity index (χ3v) is 2.66. The molecule has 1 heterocycles. The molecule has 1 fully saturated rings. The number of methoxy groups -OCH3 is 1. The molecule has 1 saturated heterocycles. The highest BCUT2D eigenvalue weighted by Gasteiger charge is 2.15. The molecule has 0 aliphatic carbocycles. The lowest BCUT2D eigenvalue weighted by Gasteiger charge is -2.24. The SMILES string of the molecule is COC(=O)c1ccc([C@@H]2COCCN2)cc1. The Morgan fingerprint density at radius 1 is 1.44 bits per heavy atom. The van der Waals surface area contributed by atoms with Gasteiger partial charge in [0, 0.05) is 6.54 Å². The lowest BCUT2D eigenvalue weighted by atomic mass is 10.0. The zero-order valence-electron chi connectivity index (χ0n) is 9.23. The molecule has 4 heteroatoms. The van der Waals surface area contributed by atoms with Crippen molar-refractivity contribution in [3.8, 4) is 0 Å². The van der Waals surface area contributed by atoms with Crippen molar-refractivity contribution < 1.29 is 14.3 Å². The van der Waals surface area contributed by atoms with Crippen LogP contribution in [0.4, 0.5) is 0 Å². The highest BCUT2D eigenvalue weighted by Crippen LogP contribution is 2.16. The van der Waals surface area contributed by atoms with Crippen LogP contribution >= 0.6 is 0 Å². The summed E-state index contributed by atoms with van der Waals surface area (Å²) in [7, 11) is 1.38.